The Morgan fingerprint density at radius 2 is 1.57 bits per heavy atom. The van der Waals surface area contributed by atoms with Gasteiger partial charge in [-0.2, -0.15) is 0 Å². The van der Waals surface area contributed by atoms with Crippen LogP contribution < -0.4 is 14.4 Å². The Balaban J connectivity index is 1.63. The number of anilines is 1. The molecule has 0 aromatic heterocycles. The SMILES string of the molecule is CCOc1ccccc1N(CC(=O)NCc1cccc2ccccc12)S(=O)(=O)c1ccc(C)cc1. The molecule has 1 N–H and O–H groups in total. The normalized spacial score (nSPS) is 11.3. The number of ether oxygens (including phenoxy) is 1. The predicted molar refractivity (Wildman–Crippen MR) is 139 cm³/mol. The van der Waals surface area contributed by atoms with Crippen LogP contribution in [0.2, 0.25) is 0 Å². The number of hydrogen-bond acceptors (Lipinski definition) is 4. The number of carbonyl (C=O) groups excluding carboxylic acids is 1. The van der Waals surface area contributed by atoms with Crippen molar-refractivity contribution in [2.75, 3.05) is 17.5 Å². The van der Waals surface area contributed by atoms with E-state index in [1.165, 1.54) is 0 Å². The Labute approximate surface area is 206 Å². The van der Waals surface area contributed by atoms with Gasteiger partial charge in [-0.3, -0.25) is 9.10 Å². The van der Waals surface area contributed by atoms with Gasteiger partial charge in [-0.1, -0.05) is 72.3 Å². The first-order valence-corrected chi connectivity index (χ1v) is 12.9. The lowest BCUT2D eigenvalue weighted by Gasteiger charge is -2.26. The number of nitrogens with zero attached hydrogens (tertiary/aromatic N) is 1. The fourth-order valence-corrected chi connectivity index (χ4v) is 5.34. The Bertz CT molecular complexity index is 1430. The number of carbonyl (C=O) groups is 1. The van der Waals surface area contributed by atoms with Gasteiger partial charge in [-0.25, -0.2) is 8.42 Å². The van der Waals surface area contributed by atoms with Gasteiger partial charge in [0.05, 0.1) is 17.2 Å². The minimum atomic E-state index is -4.03. The number of para-hydroxylation sites is 2. The molecule has 6 nitrogen and oxygen atoms in total. The number of nitrogens with one attached hydrogen (secondary N) is 1. The first kappa shape index (κ1) is 24.3. The molecule has 4 aromatic rings. The third kappa shape index (κ3) is 5.46. The second-order valence-corrected chi connectivity index (χ2v) is 10.0. The van der Waals surface area contributed by atoms with Crippen LogP contribution in [0.5, 0.6) is 5.75 Å². The number of rotatable bonds is 9. The molecule has 0 aliphatic rings. The molecule has 0 saturated heterocycles. The van der Waals surface area contributed by atoms with Crippen molar-refractivity contribution < 1.29 is 17.9 Å². The third-order valence-electron chi connectivity index (χ3n) is 5.69. The molecular weight excluding hydrogens is 460 g/mol. The summed E-state index contributed by atoms with van der Waals surface area (Å²) in [6, 6.07) is 27.3. The largest absolute Gasteiger partial charge is 0.492 e. The minimum absolute atomic E-state index is 0.108. The number of benzene rings is 4. The van der Waals surface area contributed by atoms with Crippen molar-refractivity contribution in [2.24, 2.45) is 0 Å². The molecule has 0 heterocycles. The van der Waals surface area contributed by atoms with E-state index in [0.717, 1.165) is 26.2 Å². The molecule has 0 atom stereocenters. The van der Waals surface area contributed by atoms with E-state index in [4.69, 9.17) is 4.74 Å². The lowest BCUT2D eigenvalue weighted by atomic mass is 10.0. The summed E-state index contributed by atoms with van der Waals surface area (Å²) in [6.45, 7) is 3.98. The van der Waals surface area contributed by atoms with E-state index in [-0.39, 0.29) is 18.0 Å². The molecule has 0 unspecified atom stereocenters. The maximum absolute atomic E-state index is 13.7. The summed E-state index contributed by atoms with van der Waals surface area (Å²) in [7, 11) is -4.03. The molecule has 0 spiro atoms. The topological polar surface area (TPSA) is 75.7 Å². The summed E-state index contributed by atoms with van der Waals surface area (Å²) in [5.74, 6) is -0.0209. The number of aryl methyl sites for hydroxylation is 1. The highest BCUT2D eigenvalue weighted by atomic mass is 32.2. The molecule has 4 aromatic carbocycles. The number of hydrogen-bond donors (Lipinski definition) is 1. The molecule has 0 bridgehead atoms. The van der Waals surface area contributed by atoms with Gasteiger partial charge in [0.25, 0.3) is 10.0 Å². The Morgan fingerprint density at radius 3 is 2.34 bits per heavy atom. The van der Waals surface area contributed by atoms with Gasteiger partial charge in [0.1, 0.15) is 12.3 Å². The van der Waals surface area contributed by atoms with Crippen LogP contribution in [0.3, 0.4) is 0 Å². The van der Waals surface area contributed by atoms with Gasteiger partial charge in [0, 0.05) is 6.54 Å². The summed E-state index contributed by atoms with van der Waals surface area (Å²) in [5.41, 5.74) is 2.22. The maximum Gasteiger partial charge on any atom is 0.264 e. The van der Waals surface area contributed by atoms with Crippen molar-refractivity contribution in [3.8, 4) is 5.75 Å². The molecule has 7 heteroatoms. The summed E-state index contributed by atoms with van der Waals surface area (Å²) in [4.78, 5) is 13.2. The molecule has 35 heavy (non-hydrogen) atoms. The fourth-order valence-electron chi connectivity index (χ4n) is 3.90. The van der Waals surface area contributed by atoms with Gasteiger partial charge in [-0.05, 0) is 54.4 Å². The van der Waals surface area contributed by atoms with Crippen LogP contribution in [-0.2, 0) is 21.4 Å². The zero-order chi connectivity index (χ0) is 24.8. The van der Waals surface area contributed by atoms with Gasteiger partial charge >= 0.3 is 0 Å². The summed E-state index contributed by atoms with van der Waals surface area (Å²) >= 11 is 0. The Hall–Kier alpha value is -3.84. The van der Waals surface area contributed by atoms with E-state index in [2.05, 4.69) is 5.32 Å². The molecule has 0 aliphatic heterocycles. The lowest BCUT2D eigenvalue weighted by Crippen LogP contribution is -2.41. The number of amides is 1. The lowest BCUT2D eigenvalue weighted by molar-refractivity contribution is -0.119. The monoisotopic (exact) mass is 488 g/mol. The standard InChI is InChI=1S/C28H28N2O4S/c1-3-34-27-14-7-6-13-26(27)30(35(32,33)24-17-15-21(2)16-18-24)20-28(31)29-19-23-11-8-10-22-9-4-5-12-25(22)23/h4-18H,3,19-20H2,1-2H3,(H,29,31). The quantitative estimate of drug-likeness (QED) is 0.357. The number of sulfonamides is 1. The molecule has 4 rings (SSSR count). The molecule has 0 saturated carbocycles. The summed E-state index contributed by atoms with van der Waals surface area (Å²) in [6.07, 6.45) is 0. The smallest absolute Gasteiger partial charge is 0.264 e. The minimum Gasteiger partial charge on any atom is -0.492 e. The van der Waals surface area contributed by atoms with Gasteiger partial charge in [0.15, 0.2) is 0 Å². The molecule has 1 amide bonds. The molecular formula is C28H28N2O4S. The van der Waals surface area contributed by atoms with Crippen LogP contribution in [0.1, 0.15) is 18.1 Å². The highest BCUT2D eigenvalue weighted by Crippen LogP contribution is 2.32. The van der Waals surface area contributed by atoms with E-state index in [0.29, 0.717) is 18.0 Å². The van der Waals surface area contributed by atoms with Crippen LogP contribution in [0.4, 0.5) is 5.69 Å². The molecule has 0 aliphatic carbocycles. The van der Waals surface area contributed by atoms with Crippen molar-refractivity contribution >= 4 is 32.4 Å². The van der Waals surface area contributed by atoms with Crippen LogP contribution in [-0.4, -0.2) is 27.5 Å². The first-order chi connectivity index (χ1) is 16.9. The van der Waals surface area contributed by atoms with E-state index >= 15 is 0 Å². The number of fused-ring (bicyclic) bond motifs is 1. The molecule has 180 valence electrons. The zero-order valence-corrected chi connectivity index (χ0v) is 20.6. The van der Waals surface area contributed by atoms with Gasteiger partial charge in [0.2, 0.25) is 5.91 Å². The second kappa shape index (κ2) is 10.6. The highest BCUT2D eigenvalue weighted by Gasteiger charge is 2.29. The van der Waals surface area contributed by atoms with Crippen molar-refractivity contribution in [3.05, 3.63) is 102 Å². The Kier molecular flexibility index (Phi) is 7.36. The van der Waals surface area contributed by atoms with Crippen molar-refractivity contribution in [2.45, 2.75) is 25.3 Å². The maximum atomic E-state index is 13.7. The highest BCUT2D eigenvalue weighted by molar-refractivity contribution is 7.92. The third-order valence-corrected chi connectivity index (χ3v) is 7.46. The van der Waals surface area contributed by atoms with Crippen molar-refractivity contribution in [1.82, 2.24) is 5.32 Å². The van der Waals surface area contributed by atoms with Crippen molar-refractivity contribution in [3.63, 3.8) is 0 Å². The van der Waals surface area contributed by atoms with Gasteiger partial charge < -0.3 is 10.1 Å². The van der Waals surface area contributed by atoms with E-state index in [1.54, 1.807) is 48.5 Å². The molecule has 0 fully saturated rings. The van der Waals surface area contributed by atoms with Crippen LogP contribution in [0, 0.1) is 6.92 Å². The van der Waals surface area contributed by atoms with Crippen LogP contribution >= 0.6 is 0 Å². The summed E-state index contributed by atoms with van der Waals surface area (Å²) < 4.78 is 34.2. The second-order valence-electron chi connectivity index (χ2n) is 8.14. The van der Waals surface area contributed by atoms with Crippen LogP contribution in [0.25, 0.3) is 10.8 Å². The fraction of sp³-hybridized carbons (Fsp3) is 0.179. The van der Waals surface area contributed by atoms with Crippen molar-refractivity contribution in [1.29, 1.82) is 0 Å². The summed E-state index contributed by atoms with van der Waals surface area (Å²) in [5, 5.41) is 5.01. The van der Waals surface area contributed by atoms with E-state index in [9.17, 15) is 13.2 Å². The van der Waals surface area contributed by atoms with E-state index in [1.807, 2.05) is 56.3 Å². The average Bonchev–Trinajstić information content (AvgIpc) is 2.87. The predicted octanol–water partition coefficient (Wildman–Crippen LogP) is 5.06. The van der Waals surface area contributed by atoms with E-state index < -0.39 is 15.9 Å². The van der Waals surface area contributed by atoms with Gasteiger partial charge in [-0.15, -0.1) is 0 Å². The zero-order valence-electron chi connectivity index (χ0n) is 19.8. The Morgan fingerprint density at radius 1 is 0.886 bits per heavy atom. The molecule has 0 radical (unpaired) electrons. The van der Waals surface area contributed by atoms with Crippen LogP contribution in [0.15, 0.2) is 95.9 Å². The first-order valence-electron chi connectivity index (χ1n) is 11.4. The average molecular weight is 489 g/mol.